The van der Waals surface area contributed by atoms with Gasteiger partial charge in [-0.15, -0.1) is 0 Å². The van der Waals surface area contributed by atoms with Gasteiger partial charge in [0.2, 0.25) is 5.95 Å². The Morgan fingerprint density at radius 3 is 2.62 bits per heavy atom. The zero-order valence-corrected chi connectivity index (χ0v) is 12.3. The minimum atomic E-state index is -0.381. The molecule has 1 aromatic heterocycles. The quantitative estimate of drug-likeness (QED) is 0.886. The van der Waals surface area contributed by atoms with Crippen molar-refractivity contribution in [1.82, 2.24) is 9.97 Å². The predicted octanol–water partition coefficient (Wildman–Crippen LogP) is 4.37. The van der Waals surface area contributed by atoms with Crippen LogP contribution in [-0.2, 0) is 0 Å². The first kappa shape index (κ1) is 14.0. The van der Waals surface area contributed by atoms with Gasteiger partial charge in [0, 0.05) is 12.1 Å². The molecule has 0 radical (unpaired) electrons. The van der Waals surface area contributed by atoms with E-state index in [4.69, 9.17) is 0 Å². The Labute approximate surface area is 124 Å². The van der Waals surface area contributed by atoms with Gasteiger partial charge < -0.3 is 5.32 Å². The Hall–Kier alpha value is -1.97. The van der Waals surface area contributed by atoms with Crippen molar-refractivity contribution in [3.8, 4) is 11.3 Å². The van der Waals surface area contributed by atoms with Gasteiger partial charge in [-0.2, -0.15) is 0 Å². The van der Waals surface area contributed by atoms with E-state index in [-0.39, 0.29) is 5.82 Å². The lowest BCUT2D eigenvalue weighted by molar-refractivity contribution is 0.420. The fourth-order valence-electron chi connectivity index (χ4n) is 2.55. The monoisotopic (exact) mass is 285 g/mol. The molecule has 0 unspecified atom stereocenters. The average molecular weight is 285 g/mol. The standard InChI is InChI=1S/C17H20FN3/c1-2-10-19-17-20-11-15(18)16(21-17)14-8-6-13(7-9-14)12-4-3-5-12/h6-9,11-12H,2-5,10H2,1H3,(H,19,20,21). The third-order valence-corrected chi connectivity index (χ3v) is 4.04. The number of nitrogens with zero attached hydrogens (tertiary/aromatic N) is 2. The van der Waals surface area contributed by atoms with E-state index < -0.39 is 0 Å². The molecule has 110 valence electrons. The van der Waals surface area contributed by atoms with E-state index in [0.29, 0.717) is 17.6 Å². The highest BCUT2D eigenvalue weighted by Gasteiger charge is 2.19. The van der Waals surface area contributed by atoms with Gasteiger partial charge in [0.25, 0.3) is 0 Å². The summed E-state index contributed by atoms with van der Waals surface area (Å²) in [5.74, 6) is 0.792. The number of nitrogens with one attached hydrogen (secondary N) is 1. The molecule has 0 amide bonds. The van der Waals surface area contributed by atoms with E-state index in [1.165, 1.54) is 31.0 Å². The van der Waals surface area contributed by atoms with Crippen molar-refractivity contribution < 1.29 is 4.39 Å². The minimum absolute atomic E-state index is 0.365. The van der Waals surface area contributed by atoms with E-state index in [9.17, 15) is 4.39 Å². The fourth-order valence-corrected chi connectivity index (χ4v) is 2.55. The Kier molecular flexibility index (Phi) is 4.13. The molecule has 2 aromatic rings. The molecule has 0 saturated heterocycles. The summed E-state index contributed by atoms with van der Waals surface area (Å²) in [6.07, 6.45) is 6.07. The third-order valence-electron chi connectivity index (χ3n) is 4.04. The topological polar surface area (TPSA) is 37.8 Å². The van der Waals surface area contributed by atoms with Gasteiger partial charge >= 0.3 is 0 Å². The van der Waals surface area contributed by atoms with Crippen LogP contribution in [-0.4, -0.2) is 16.5 Å². The summed E-state index contributed by atoms with van der Waals surface area (Å²) in [5, 5.41) is 3.09. The summed E-state index contributed by atoms with van der Waals surface area (Å²) in [7, 11) is 0. The highest BCUT2D eigenvalue weighted by molar-refractivity contribution is 5.61. The third kappa shape index (κ3) is 3.04. The summed E-state index contributed by atoms with van der Waals surface area (Å²) in [4.78, 5) is 8.26. The van der Waals surface area contributed by atoms with Crippen molar-refractivity contribution in [1.29, 1.82) is 0 Å². The number of hydrogen-bond acceptors (Lipinski definition) is 3. The first-order valence-electron chi connectivity index (χ1n) is 7.64. The number of anilines is 1. The molecule has 1 saturated carbocycles. The van der Waals surface area contributed by atoms with Crippen LogP contribution in [0.2, 0.25) is 0 Å². The van der Waals surface area contributed by atoms with Gasteiger partial charge in [0.1, 0.15) is 5.69 Å². The molecular formula is C17H20FN3. The summed E-state index contributed by atoms with van der Waals surface area (Å²) in [6, 6.07) is 8.12. The smallest absolute Gasteiger partial charge is 0.223 e. The molecule has 0 spiro atoms. The zero-order chi connectivity index (χ0) is 14.7. The molecule has 3 rings (SSSR count). The lowest BCUT2D eigenvalue weighted by Gasteiger charge is -2.25. The van der Waals surface area contributed by atoms with Crippen molar-refractivity contribution in [2.75, 3.05) is 11.9 Å². The fraction of sp³-hybridized carbons (Fsp3) is 0.412. The number of halogens is 1. The van der Waals surface area contributed by atoms with Gasteiger partial charge in [0.15, 0.2) is 5.82 Å². The first-order valence-corrected chi connectivity index (χ1v) is 7.64. The predicted molar refractivity (Wildman–Crippen MR) is 82.8 cm³/mol. The van der Waals surface area contributed by atoms with Crippen LogP contribution in [0.1, 0.15) is 44.1 Å². The number of benzene rings is 1. The van der Waals surface area contributed by atoms with Crippen LogP contribution in [0.15, 0.2) is 30.5 Å². The van der Waals surface area contributed by atoms with Crippen LogP contribution in [0.3, 0.4) is 0 Å². The van der Waals surface area contributed by atoms with Gasteiger partial charge in [-0.25, -0.2) is 14.4 Å². The molecule has 1 heterocycles. The normalized spacial score (nSPS) is 14.8. The number of rotatable bonds is 5. The maximum absolute atomic E-state index is 14.0. The van der Waals surface area contributed by atoms with E-state index in [0.717, 1.165) is 18.5 Å². The van der Waals surface area contributed by atoms with Crippen molar-refractivity contribution in [2.24, 2.45) is 0 Å². The van der Waals surface area contributed by atoms with Gasteiger partial charge in [-0.1, -0.05) is 37.6 Å². The van der Waals surface area contributed by atoms with Crippen LogP contribution in [0.4, 0.5) is 10.3 Å². The SMILES string of the molecule is CCCNc1ncc(F)c(-c2ccc(C3CCC3)cc2)n1. The molecule has 1 aliphatic carbocycles. The van der Waals surface area contributed by atoms with Crippen LogP contribution < -0.4 is 5.32 Å². The van der Waals surface area contributed by atoms with Crippen LogP contribution in [0.5, 0.6) is 0 Å². The van der Waals surface area contributed by atoms with Crippen LogP contribution in [0.25, 0.3) is 11.3 Å². The lowest BCUT2D eigenvalue weighted by atomic mass is 9.80. The minimum Gasteiger partial charge on any atom is -0.354 e. The second-order valence-electron chi connectivity index (χ2n) is 5.57. The summed E-state index contributed by atoms with van der Waals surface area (Å²) < 4.78 is 14.0. The molecule has 4 heteroatoms. The molecule has 3 nitrogen and oxygen atoms in total. The highest BCUT2D eigenvalue weighted by Crippen LogP contribution is 2.36. The van der Waals surface area contributed by atoms with E-state index in [2.05, 4.69) is 34.3 Å². The molecule has 0 atom stereocenters. The summed E-state index contributed by atoms with van der Waals surface area (Å²) >= 11 is 0. The van der Waals surface area contributed by atoms with Crippen molar-refractivity contribution >= 4 is 5.95 Å². The van der Waals surface area contributed by atoms with Crippen molar-refractivity contribution in [3.05, 3.63) is 41.8 Å². The average Bonchev–Trinajstić information content (AvgIpc) is 2.46. The van der Waals surface area contributed by atoms with Gasteiger partial charge in [-0.3, -0.25) is 0 Å². The molecule has 0 bridgehead atoms. The second-order valence-corrected chi connectivity index (χ2v) is 5.57. The van der Waals surface area contributed by atoms with E-state index in [1.807, 2.05) is 12.1 Å². The molecule has 1 N–H and O–H groups in total. The van der Waals surface area contributed by atoms with Gasteiger partial charge in [-0.05, 0) is 30.7 Å². The Morgan fingerprint density at radius 2 is 2.00 bits per heavy atom. The Balaban J connectivity index is 1.84. The maximum atomic E-state index is 14.0. The summed E-state index contributed by atoms with van der Waals surface area (Å²) in [6.45, 7) is 2.85. The lowest BCUT2D eigenvalue weighted by Crippen LogP contribution is -2.08. The number of aromatic nitrogens is 2. The molecule has 1 fully saturated rings. The molecule has 21 heavy (non-hydrogen) atoms. The Morgan fingerprint density at radius 1 is 1.24 bits per heavy atom. The maximum Gasteiger partial charge on any atom is 0.223 e. The molecule has 1 aliphatic rings. The van der Waals surface area contributed by atoms with Crippen molar-refractivity contribution in [3.63, 3.8) is 0 Å². The van der Waals surface area contributed by atoms with E-state index >= 15 is 0 Å². The largest absolute Gasteiger partial charge is 0.354 e. The first-order chi connectivity index (χ1) is 10.3. The Bertz CT molecular complexity index is 606. The van der Waals surface area contributed by atoms with E-state index in [1.54, 1.807) is 0 Å². The molecule has 0 aliphatic heterocycles. The highest BCUT2D eigenvalue weighted by atomic mass is 19.1. The van der Waals surface area contributed by atoms with Crippen LogP contribution >= 0.6 is 0 Å². The molecular weight excluding hydrogens is 265 g/mol. The molecule has 1 aromatic carbocycles. The van der Waals surface area contributed by atoms with Crippen molar-refractivity contribution in [2.45, 2.75) is 38.5 Å². The zero-order valence-electron chi connectivity index (χ0n) is 12.3. The second kappa shape index (κ2) is 6.20. The van der Waals surface area contributed by atoms with Gasteiger partial charge in [0.05, 0.1) is 6.20 Å². The van der Waals surface area contributed by atoms with Crippen LogP contribution in [0, 0.1) is 5.82 Å². The number of hydrogen-bond donors (Lipinski definition) is 1. The summed E-state index contributed by atoms with van der Waals surface area (Å²) in [5.41, 5.74) is 2.52.